The summed E-state index contributed by atoms with van der Waals surface area (Å²) in [5.74, 6) is 1.65. The molecule has 0 amide bonds. The standard InChI is InChI=1S/C22H29BrN2O2/c1-4-25(5-2)11-12-27-21-15-19-16(14-20(21)26-3)9-10-24-22(19)17-7-6-8-18(23)13-17/h6-8,13-15,22,24H,4-5,9-12H2,1-3H3. The van der Waals surface area contributed by atoms with Crippen molar-refractivity contribution in [2.75, 3.05) is 39.9 Å². The Morgan fingerprint density at radius 2 is 1.96 bits per heavy atom. The topological polar surface area (TPSA) is 33.7 Å². The van der Waals surface area contributed by atoms with Gasteiger partial charge in [-0.1, -0.05) is 41.9 Å². The zero-order valence-corrected chi connectivity index (χ0v) is 18.0. The van der Waals surface area contributed by atoms with E-state index in [1.807, 2.05) is 0 Å². The fraction of sp³-hybridized carbons (Fsp3) is 0.455. The number of benzene rings is 2. The Bertz CT molecular complexity index is 762. The Morgan fingerprint density at radius 3 is 2.67 bits per heavy atom. The lowest BCUT2D eigenvalue weighted by Crippen LogP contribution is -2.31. The fourth-order valence-corrected chi connectivity index (χ4v) is 4.06. The molecule has 1 aliphatic rings. The Balaban J connectivity index is 1.86. The molecule has 0 saturated heterocycles. The highest BCUT2D eigenvalue weighted by Gasteiger charge is 2.24. The molecule has 27 heavy (non-hydrogen) atoms. The van der Waals surface area contributed by atoms with Crippen LogP contribution in [0.5, 0.6) is 11.5 Å². The molecule has 1 N–H and O–H groups in total. The molecule has 0 saturated carbocycles. The normalized spacial score (nSPS) is 16.3. The van der Waals surface area contributed by atoms with E-state index in [0.29, 0.717) is 6.61 Å². The van der Waals surface area contributed by atoms with Crippen LogP contribution in [0.1, 0.15) is 36.6 Å². The van der Waals surface area contributed by atoms with Crippen LogP contribution in [0.15, 0.2) is 40.9 Å². The van der Waals surface area contributed by atoms with Crippen molar-refractivity contribution in [1.29, 1.82) is 0 Å². The molecule has 0 spiro atoms. The van der Waals surface area contributed by atoms with E-state index >= 15 is 0 Å². The molecule has 1 heterocycles. The third-order valence-electron chi connectivity index (χ3n) is 5.22. The average molecular weight is 433 g/mol. The van der Waals surface area contributed by atoms with Crippen LogP contribution < -0.4 is 14.8 Å². The molecule has 1 unspecified atom stereocenters. The van der Waals surface area contributed by atoms with E-state index < -0.39 is 0 Å². The van der Waals surface area contributed by atoms with Crippen molar-refractivity contribution in [3.63, 3.8) is 0 Å². The Labute approximate surface area is 171 Å². The largest absolute Gasteiger partial charge is 0.493 e. The maximum absolute atomic E-state index is 6.13. The molecule has 0 aromatic heterocycles. The van der Waals surface area contributed by atoms with Crippen LogP contribution in [-0.4, -0.2) is 44.8 Å². The van der Waals surface area contributed by atoms with Crippen molar-refractivity contribution < 1.29 is 9.47 Å². The van der Waals surface area contributed by atoms with Gasteiger partial charge in [-0.15, -0.1) is 0 Å². The summed E-state index contributed by atoms with van der Waals surface area (Å²) >= 11 is 3.59. The average Bonchev–Trinajstić information content (AvgIpc) is 2.70. The van der Waals surface area contributed by atoms with Crippen molar-refractivity contribution in [3.05, 3.63) is 57.6 Å². The summed E-state index contributed by atoms with van der Waals surface area (Å²) in [7, 11) is 1.71. The quantitative estimate of drug-likeness (QED) is 0.669. The van der Waals surface area contributed by atoms with Gasteiger partial charge in [-0.25, -0.2) is 0 Å². The third-order valence-corrected chi connectivity index (χ3v) is 5.71. The summed E-state index contributed by atoms with van der Waals surface area (Å²) in [4.78, 5) is 2.36. The van der Waals surface area contributed by atoms with Crippen molar-refractivity contribution in [3.8, 4) is 11.5 Å². The number of likely N-dealkylation sites (N-methyl/N-ethyl adjacent to an activating group) is 1. The van der Waals surface area contributed by atoms with Crippen molar-refractivity contribution in [2.24, 2.45) is 0 Å². The lowest BCUT2D eigenvalue weighted by atomic mass is 9.89. The van der Waals surface area contributed by atoms with Gasteiger partial charge in [0.05, 0.1) is 13.2 Å². The molecule has 0 bridgehead atoms. The van der Waals surface area contributed by atoms with Crippen LogP contribution >= 0.6 is 15.9 Å². The molecule has 2 aromatic rings. The van der Waals surface area contributed by atoms with Crippen LogP contribution in [0, 0.1) is 0 Å². The van der Waals surface area contributed by atoms with Crippen LogP contribution in [0.2, 0.25) is 0 Å². The number of hydrogen-bond donors (Lipinski definition) is 1. The minimum atomic E-state index is 0.169. The second-order valence-corrected chi connectivity index (χ2v) is 7.69. The molecular weight excluding hydrogens is 404 g/mol. The van der Waals surface area contributed by atoms with Gasteiger partial charge in [0.25, 0.3) is 0 Å². The van der Waals surface area contributed by atoms with Gasteiger partial charge in [-0.2, -0.15) is 0 Å². The summed E-state index contributed by atoms with van der Waals surface area (Å²) in [6, 6.07) is 13.0. The zero-order chi connectivity index (χ0) is 19.2. The van der Waals surface area contributed by atoms with E-state index in [9.17, 15) is 0 Å². The second kappa shape index (κ2) is 9.58. The van der Waals surface area contributed by atoms with Crippen LogP contribution in [0.3, 0.4) is 0 Å². The lowest BCUT2D eigenvalue weighted by molar-refractivity contribution is 0.217. The van der Waals surface area contributed by atoms with E-state index in [0.717, 1.165) is 48.6 Å². The minimum absolute atomic E-state index is 0.169. The minimum Gasteiger partial charge on any atom is -0.493 e. The molecule has 5 heteroatoms. The first-order chi connectivity index (χ1) is 13.2. The van der Waals surface area contributed by atoms with Gasteiger partial charge in [0.15, 0.2) is 11.5 Å². The van der Waals surface area contributed by atoms with E-state index in [4.69, 9.17) is 9.47 Å². The number of nitrogens with one attached hydrogen (secondary N) is 1. The number of fused-ring (bicyclic) bond motifs is 1. The van der Waals surface area contributed by atoms with Crippen LogP contribution in [0.4, 0.5) is 0 Å². The highest BCUT2D eigenvalue weighted by atomic mass is 79.9. The molecule has 3 rings (SSSR count). The number of hydrogen-bond acceptors (Lipinski definition) is 4. The van der Waals surface area contributed by atoms with Gasteiger partial charge in [0.2, 0.25) is 0 Å². The number of rotatable bonds is 8. The Morgan fingerprint density at radius 1 is 1.15 bits per heavy atom. The molecule has 2 aromatic carbocycles. The third kappa shape index (κ3) is 4.84. The Kier molecular flexibility index (Phi) is 7.16. The molecule has 0 radical (unpaired) electrons. The molecule has 1 aliphatic heterocycles. The highest BCUT2D eigenvalue weighted by molar-refractivity contribution is 9.10. The van der Waals surface area contributed by atoms with Gasteiger partial charge in [0, 0.05) is 17.6 Å². The predicted molar refractivity (Wildman–Crippen MR) is 114 cm³/mol. The van der Waals surface area contributed by atoms with Crippen molar-refractivity contribution >= 4 is 15.9 Å². The van der Waals surface area contributed by atoms with Crippen LogP contribution in [-0.2, 0) is 6.42 Å². The first-order valence-corrected chi connectivity index (χ1v) is 10.5. The summed E-state index contributed by atoms with van der Waals surface area (Å²) in [6.07, 6.45) is 0.996. The number of ether oxygens (including phenoxy) is 2. The summed E-state index contributed by atoms with van der Waals surface area (Å²) in [5.41, 5.74) is 3.86. The maximum atomic E-state index is 6.13. The van der Waals surface area contributed by atoms with E-state index in [-0.39, 0.29) is 6.04 Å². The van der Waals surface area contributed by atoms with Crippen molar-refractivity contribution in [1.82, 2.24) is 10.2 Å². The van der Waals surface area contributed by atoms with Gasteiger partial charge in [0.1, 0.15) is 6.61 Å². The first kappa shape index (κ1) is 20.2. The summed E-state index contributed by atoms with van der Waals surface area (Å²) in [6.45, 7) is 8.96. The zero-order valence-electron chi connectivity index (χ0n) is 16.4. The molecule has 146 valence electrons. The van der Waals surface area contributed by atoms with Gasteiger partial charge >= 0.3 is 0 Å². The van der Waals surface area contributed by atoms with Gasteiger partial charge in [-0.3, -0.25) is 0 Å². The van der Waals surface area contributed by atoms with Crippen LogP contribution in [0.25, 0.3) is 0 Å². The first-order valence-electron chi connectivity index (χ1n) is 9.71. The van der Waals surface area contributed by atoms with Gasteiger partial charge < -0.3 is 19.7 Å². The van der Waals surface area contributed by atoms with Crippen molar-refractivity contribution in [2.45, 2.75) is 26.3 Å². The van der Waals surface area contributed by atoms with E-state index in [2.05, 4.69) is 76.4 Å². The molecule has 0 aliphatic carbocycles. The summed E-state index contributed by atoms with van der Waals surface area (Å²) in [5, 5.41) is 3.65. The number of nitrogens with zero attached hydrogens (tertiary/aromatic N) is 1. The summed E-state index contributed by atoms with van der Waals surface area (Å²) < 4.78 is 12.8. The lowest BCUT2D eigenvalue weighted by Gasteiger charge is -2.29. The fourth-order valence-electron chi connectivity index (χ4n) is 3.64. The molecule has 4 nitrogen and oxygen atoms in total. The molecule has 0 fully saturated rings. The molecular formula is C22H29BrN2O2. The van der Waals surface area contributed by atoms with Gasteiger partial charge in [-0.05, 0) is 60.5 Å². The smallest absolute Gasteiger partial charge is 0.161 e. The second-order valence-electron chi connectivity index (χ2n) is 6.77. The monoisotopic (exact) mass is 432 g/mol. The van der Waals surface area contributed by atoms with E-state index in [1.54, 1.807) is 7.11 Å². The van der Waals surface area contributed by atoms with E-state index in [1.165, 1.54) is 16.7 Å². The molecule has 1 atom stereocenters. The highest BCUT2D eigenvalue weighted by Crippen LogP contribution is 2.38. The Hall–Kier alpha value is -1.56. The number of halogens is 1. The SMILES string of the molecule is CCN(CC)CCOc1cc2c(cc1OC)CCNC2c1cccc(Br)c1. The predicted octanol–water partition coefficient (Wildman–Crippen LogP) is 4.41. The number of methoxy groups -OCH3 is 1. The maximum Gasteiger partial charge on any atom is 0.161 e.